The van der Waals surface area contributed by atoms with Gasteiger partial charge in [0, 0.05) is 11.0 Å². The van der Waals surface area contributed by atoms with Crippen LogP contribution in [0.4, 0.5) is 0 Å². The summed E-state index contributed by atoms with van der Waals surface area (Å²) in [5.74, 6) is 0.818. The van der Waals surface area contributed by atoms with E-state index >= 15 is 0 Å². The summed E-state index contributed by atoms with van der Waals surface area (Å²) in [5, 5.41) is 2.20. The van der Waals surface area contributed by atoms with E-state index in [1.165, 1.54) is 38.5 Å². The Balaban J connectivity index is 1.73. The van der Waals surface area contributed by atoms with E-state index in [-0.39, 0.29) is 5.91 Å². The van der Waals surface area contributed by atoms with Gasteiger partial charge in [0.25, 0.3) is 5.91 Å². The molecule has 2 aromatic rings. The van der Waals surface area contributed by atoms with E-state index in [0.29, 0.717) is 0 Å². The molecule has 0 atom stereocenters. The number of ether oxygens (including phenoxy) is 1. The first kappa shape index (κ1) is 21.4. The van der Waals surface area contributed by atoms with E-state index in [4.69, 9.17) is 4.74 Å². The van der Waals surface area contributed by atoms with E-state index in [1.807, 2.05) is 38.1 Å². The van der Waals surface area contributed by atoms with Crippen LogP contribution in [-0.4, -0.2) is 18.1 Å². The minimum Gasteiger partial charge on any atom is -0.493 e. The smallest absolute Gasteiger partial charge is 0.263 e. The van der Waals surface area contributed by atoms with Crippen LogP contribution in [-0.2, 0) is 4.79 Å². The Bertz CT molecular complexity index is 865. The Labute approximate surface area is 174 Å². The van der Waals surface area contributed by atoms with Crippen LogP contribution in [0.15, 0.2) is 42.0 Å². The van der Waals surface area contributed by atoms with Crippen molar-refractivity contribution in [2.45, 2.75) is 71.3 Å². The second-order valence-electron chi connectivity index (χ2n) is 8.43. The van der Waals surface area contributed by atoms with Gasteiger partial charge in [-0.2, -0.15) is 0 Å². The zero-order chi connectivity index (χ0) is 20.7. The molecule has 1 aliphatic rings. The molecule has 1 fully saturated rings. The highest BCUT2D eigenvalue weighted by Crippen LogP contribution is 2.32. The van der Waals surface area contributed by atoms with Crippen LogP contribution in [0.2, 0.25) is 0 Å². The van der Waals surface area contributed by atoms with Crippen molar-refractivity contribution in [2.24, 2.45) is 0 Å². The molecule has 156 valence electrons. The minimum atomic E-state index is -0.410. The first-order valence-corrected chi connectivity index (χ1v) is 11.0. The lowest BCUT2D eigenvalue weighted by molar-refractivity contribution is -0.116. The quantitative estimate of drug-likeness (QED) is 0.397. The van der Waals surface area contributed by atoms with Gasteiger partial charge >= 0.3 is 0 Å². The predicted molar refractivity (Wildman–Crippen MR) is 121 cm³/mol. The molecule has 3 rings (SSSR count). The number of rotatable bonds is 10. The number of unbranched alkanes of at least 4 members (excludes halogenated alkanes) is 6. The van der Waals surface area contributed by atoms with Crippen molar-refractivity contribution in [1.82, 2.24) is 10.9 Å². The first-order valence-electron chi connectivity index (χ1n) is 11.0. The molecule has 1 heterocycles. The molecule has 2 aromatic carbocycles. The Morgan fingerprint density at radius 2 is 1.66 bits per heavy atom. The number of nitrogens with one attached hydrogen (secondary N) is 2. The second-order valence-corrected chi connectivity index (χ2v) is 8.43. The third-order valence-electron chi connectivity index (χ3n) is 5.61. The lowest BCUT2D eigenvalue weighted by Crippen LogP contribution is -2.38. The monoisotopic (exact) mass is 394 g/mol. The number of carbonyl (C=O) groups is 1. The molecule has 0 aromatic heterocycles. The highest BCUT2D eigenvalue weighted by Gasteiger charge is 2.35. The number of hydrazine groups is 1. The Morgan fingerprint density at radius 1 is 0.966 bits per heavy atom. The maximum atomic E-state index is 12.3. The summed E-state index contributed by atoms with van der Waals surface area (Å²) in [5.41, 5.74) is 7.10. The molecule has 1 amide bonds. The van der Waals surface area contributed by atoms with Crippen molar-refractivity contribution in [2.75, 3.05) is 6.61 Å². The topological polar surface area (TPSA) is 50.4 Å². The molecule has 0 unspecified atom stereocenters. The summed E-state index contributed by atoms with van der Waals surface area (Å²) in [6.45, 7) is 6.98. The summed E-state index contributed by atoms with van der Waals surface area (Å²) >= 11 is 0. The number of hydrogen-bond acceptors (Lipinski definition) is 3. The standard InChI is InChI=1S/C25H34N2O2/c1-4-5-6-7-8-9-10-17-29-22-16-12-14-19-13-11-15-20(23(19)22)18-21-24(28)26-27-25(21,2)3/h11-16,18,27H,4-10,17H2,1-3H3,(H,26,28)/b21-18+. The highest BCUT2D eigenvalue weighted by atomic mass is 16.5. The largest absolute Gasteiger partial charge is 0.493 e. The molecule has 0 radical (unpaired) electrons. The lowest BCUT2D eigenvalue weighted by atomic mass is 9.92. The highest BCUT2D eigenvalue weighted by molar-refractivity contribution is 6.05. The molecule has 0 saturated carbocycles. The van der Waals surface area contributed by atoms with Crippen molar-refractivity contribution in [3.63, 3.8) is 0 Å². The number of carbonyl (C=O) groups excluding carboxylic acids is 1. The van der Waals surface area contributed by atoms with Crippen molar-refractivity contribution in [3.8, 4) is 5.75 Å². The average molecular weight is 395 g/mol. The molecular weight excluding hydrogens is 360 g/mol. The Kier molecular flexibility index (Phi) is 7.32. The molecule has 4 nitrogen and oxygen atoms in total. The second kappa shape index (κ2) is 9.93. The van der Waals surface area contributed by atoms with Crippen LogP contribution in [0.1, 0.15) is 71.3 Å². The van der Waals surface area contributed by atoms with Gasteiger partial charge in [0.15, 0.2) is 0 Å². The van der Waals surface area contributed by atoms with Crippen LogP contribution >= 0.6 is 0 Å². The Hall–Kier alpha value is -2.33. The van der Waals surface area contributed by atoms with Gasteiger partial charge in [-0.3, -0.25) is 10.2 Å². The lowest BCUT2D eigenvalue weighted by Gasteiger charge is -2.18. The van der Waals surface area contributed by atoms with E-state index in [0.717, 1.165) is 40.7 Å². The SMILES string of the molecule is CCCCCCCCCOc1cccc2cccc(/C=C3\C(=O)NNC3(C)C)c12. The Morgan fingerprint density at radius 3 is 2.34 bits per heavy atom. The van der Waals surface area contributed by atoms with Gasteiger partial charge in [-0.05, 0) is 43.4 Å². The minimum absolute atomic E-state index is 0.0755. The molecule has 1 saturated heterocycles. The zero-order valence-corrected chi connectivity index (χ0v) is 18.0. The van der Waals surface area contributed by atoms with Gasteiger partial charge in [0.1, 0.15) is 5.75 Å². The van der Waals surface area contributed by atoms with Gasteiger partial charge in [-0.1, -0.05) is 75.8 Å². The van der Waals surface area contributed by atoms with Gasteiger partial charge in [0.2, 0.25) is 0 Å². The molecule has 0 aliphatic carbocycles. The number of amides is 1. The summed E-state index contributed by atoms with van der Waals surface area (Å²) in [6, 6.07) is 12.3. The fourth-order valence-electron chi connectivity index (χ4n) is 3.85. The normalized spacial score (nSPS) is 17.1. The zero-order valence-electron chi connectivity index (χ0n) is 18.0. The summed E-state index contributed by atoms with van der Waals surface area (Å²) in [7, 11) is 0. The molecule has 1 aliphatic heterocycles. The third kappa shape index (κ3) is 5.39. The predicted octanol–water partition coefficient (Wildman–Crippen LogP) is 5.77. The number of fused-ring (bicyclic) bond motifs is 1. The van der Waals surface area contributed by atoms with Crippen molar-refractivity contribution < 1.29 is 9.53 Å². The maximum Gasteiger partial charge on any atom is 0.263 e. The van der Waals surface area contributed by atoms with E-state index < -0.39 is 5.54 Å². The number of hydrogen-bond donors (Lipinski definition) is 2. The van der Waals surface area contributed by atoms with Gasteiger partial charge < -0.3 is 4.74 Å². The fraction of sp³-hybridized carbons (Fsp3) is 0.480. The third-order valence-corrected chi connectivity index (χ3v) is 5.61. The molecule has 2 N–H and O–H groups in total. The van der Waals surface area contributed by atoms with Gasteiger partial charge in [-0.15, -0.1) is 0 Å². The molecule has 0 bridgehead atoms. The molecule has 0 spiro atoms. The van der Waals surface area contributed by atoms with Crippen LogP contribution in [0.5, 0.6) is 5.75 Å². The van der Waals surface area contributed by atoms with E-state index in [9.17, 15) is 4.79 Å². The number of benzene rings is 2. The molecule has 4 heteroatoms. The summed E-state index contributed by atoms with van der Waals surface area (Å²) in [6.07, 6.45) is 10.9. The van der Waals surface area contributed by atoms with Crippen LogP contribution < -0.4 is 15.6 Å². The van der Waals surface area contributed by atoms with Crippen LogP contribution in [0.3, 0.4) is 0 Å². The summed E-state index contributed by atoms with van der Waals surface area (Å²) < 4.78 is 6.19. The maximum absolute atomic E-state index is 12.3. The fourth-order valence-corrected chi connectivity index (χ4v) is 3.85. The van der Waals surface area contributed by atoms with Crippen molar-refractivity contribution in [3.05, 3.63) is 47.5 Å². The van der Waals surface area contributed by atoms with E-state index in [1.54, 1.807) is 0 Å². The van der Waals surface area contributed by atoms with E-state index in [2.05, 4.69) is 36.0 Å². The molecule has 29 heavy (non-hydrogen) atoms. The van der Waals surface area contributed by atoms with Crippen molar-refractivity contribution >= 4 is 22.8 Å². The van der Waals surface area contributed by atoms with Gasteiger partial charge in [-0.25, -0.2) is 5.43 Å². The average Bonchev–Trinajstić information content (AvgIpc) is 2.97. The molecular formula is C25H34N2O2. The summed E-state index contributed by atoms with van der Waals surface area (Å²) in [4.78, 5) is 12.3. The van der Waals surface area contributed by atoms with Crippen molar-refractivity contribution in [1.29, 1.82) is 0 Å². The van der Waals surface area contributed by atoms with Crippen LogP contribution in [0.25, 0.3) is 16.8 Å². The van der Waals surface area contributed by atoms with Gasteiger partial charge in [0.05, 0.1) is 12.1 Å². The first-order chi connectivity index (χ1) is 14.0. The van der Waals surface area contributed by atoms with Crippen LogP contribution in [0, 0.1) is 0 Å².